The van der Waals surface area contributed by atoms with Crippen molar-refractivity contribution in [2.75, 3.05) is 6.54 Å². The van der Waals surface area contributed by atoms with Crippen LogP contribution >= 0.6 is 0 Å². The van der Waals surface area contributed by atoms with Gasteiger partial charge in [0.15, 0.2) is 5.82 Å². The molecule has 3 aromatic rings. The third kappa shape index (κ3) is 5.40. The SMILES string of the molecule is O=C(NC1CC1)c1ccc(CN(CC(O)Cn2c(-c3ccccc3)noc2=O)C2CC2)cc1. The molecular weight excluding hydrogens is 420 g/mol. The minimum absolute atomic E-state index is 0.0214. The smallest absolute Gasteiger partial charge is 0.390 e. The van der Waals surface area contributed by atoms with Crippen LogP contribution in [0.1, 0.15) is 41.6 Å². The number of benzene rings is 2. The summed E-state index contributed by atoms with van der Waals surface area (Å²) in [6.45, 7) is 1.22. The van der Waals surface area contributed by atoms with Crippen LogP contribution < -0.4 is 11.1 Å². The number of aliphatic hydroxyl groups excluding tert-OH is 1. The van der Waals surface area contributed by atoms with E-state index in [1.807, 2.05) is 54.6 Å². The fraction of sp³-hybridized carbons (Fsp3) is 0.400. The van der Waals surface area contributed by atoms with Crippen molar-refractivity contribution < 1.29 is 14.4 Å². The van der Waals surface area contributed by atoms with E-state index in [4.69, 9.17) is 4.52 Å². The van der Waals surface area contributed by atoms with Gasteiger partial charge in [-0.05, 0) is 43.4 Å². The summed E-state index contributed by atoms with van der Waals surface area (Å²) >= 11 is 0. The zero-order valence-electron chi connectivity index (χ0n) is 18.4. The first-order chi connectivity index (χ1) is 16.1. The summed E-state index contributed by atoms with van der Waals surface area (Å²) in [6, 6.07) is 17.7. The van der Waals surface area contributed by atoms with Crippen LogP contribution in [-0.4, -0.2) is 50.4 Å². The lowest BCUT2D eigenvalue weighted by molar-refractivity contribution is 0.0890. The molecule has 1 heterocycles. The van der Waals surface area contributed by atoms with Gasteiger partial charge in [0.1, 0.15) is 0 Å². The monoisotopic (exact) mass is 448 g/mol. The molecule has 0 bridgehead atoms. The van der Waals surface area contributed by atoms with Crippen molar-refractivity contribution in [3.05, 3.63) is 76.3 Å². The highest BCUT2D eigenvalue weighted by atomic mass is 16.5. The Balaban J connectivity index is 1.23. The molecule has 2 aromatic carbocycles. The molecule has 0 radical (unpaired) electrons. The molecule has 172 valence electrons. The lowest BCUT2D eigenvalue weighted by Gasteiger charge is -2.25. The molecule has 2 saturated carbocycles. The number of aromatic nitrogens is 2. The molecular formula is C25H28N4O4. The molecule has 0 saturated heterocycles. The molecule has 33 heavy (non-hydrogen) atoms. The summed E-state index contributed by atoms with van der Waals surface area (Å²) in [5, 5.41) is 17.7. The third-order valence-corrected chi connectivity index (χ3v) is 6.13. The van der Waals surface area contributed by atoms with Gasteiger partial charge in [0.2, 0.25) is 0 Å². The number of rotatable bonds is 10. The Hall–Kier alpha value is -3.23. The number of hydrogen-bond acceptors (Lipinski definition) is 6. The summed E-state index contributed by atoms with van der Waals surface area (Å²) in [7, 11) is 0. The van der Waals surface area contributed by atoms with E-state index in [9.17, 15) is 14.7 Å². The first kappa shape index (κ1) is 21.6. The second kappa shape index (κ2) is 9.33. The Bertz CT molecular complexity index is 1150. The van der Waals surface area contributed by atoms with Gasteiger partial charge in [0.05, 0.1) is 12.6 Å². The van der Waals surface area contributed by atoms with Gasteiger partial charge in [-0.1, -0.05) is 47.6 Å². The van der Waals surface area contributed by atoms with Crippen LogP contribution in [0.4, 0.5) is 0 Å². The molecule has 2 aliphatic carbocycles. The van der Waals surface area contributed by atoms with Crippen molar-refractivity contribution in [3.63, 3.8) is 0 Å². The van der Waals surface area contributed by atoms with Crippen LogP contribution in [0.25, 0.3) is 11.4 Å². The van der Waals surface area contributed by atoms with Gasteiger partial charge in [0.25, 0.3) is 5.91 Å². The second-order valence-corrected chi connectivity index (χ2v) is 9.01. The maximum absolute atomic E-state index is 12.2. The Morgan fingerprint density at radius 1 is 1.12 bits per heavy atom. The average molecular weight is 449 g/mol. The molecule has 8 nitrogen and oxygen atoms in total. The molecule has 1 amide bonds. The predicted octanol–water partition coefficient (Wildman–Crippen LogP) is 2.42. The molecule has 1 aromatic heterocycles. The first-order valence-electron chi connectivity index (χ1n) is 11.5. The van der Waals surface area contributed by atoms with E-state index in [-0.39, 0.29) is 12.5 Å². The minimum Gasteiger partial charge on any atom is -0.390 e. The highest BCUT2D eigenvalue weighted by molar-refractivity contribution is 5.94. The molecule has 8 heteroatoms. The van der Waals surface area contributed by atoms with Gasteiger partial charge < -0.3 is 10.4 Å². The minimum atomic E-state index is -0.756. The van der Waals surface area contributed by atoms with Crippen LogP contribution in [0.2, 0.25) is 0 Å². The molecule has 0 spiro atoms. The van der Waals surface area contributed by atoms with Gasteiger partial charge in [-0.15, -0.1) is 0 Å². The zero-order valence-corrected chi connectivity index (χ0v) is 18.4. The number of nitrogens with zero attached hydrogens (tertiary/aromatic N) is 3. The molecule has 2 fully saturated rings. The van der Waals surface area contributed by atoms with E-state index in [1.165, 1.54) is 4.57 Å². The van der Waals surface area contributed by atoms with Crippen LogP contribution in [-0.2, 0) is 13.1 Å². The van der Waals surface area contributed by atoms with Crippen molar-refractivity contribution in [1.82, 2.24) is 19.9 Å². The standard InChI is InChI=1S/C25H28N4O4/c30-22(16-29-23(27-33-25(29)32)18-4-2-1-3-5-18)15-28(21-12-13-21)14-17-6-8-19(9-7-17)24(31)26-20-10-11-20/h1-9,20-22,30H,10-16H2,(H,26,31). The van der Waals surface area contributed by atoms with Crippen LogP contribution in [0.5, 0.6) is 0 Å². The number of carbonyl (C=O) groups is 1. The van der Waals surface area contributed by atoms with Crippen molar-refractivity contribution in [3.8, 4) is 11.4 Å². The van der Waals surface area contributed by atoms with E-state index >= 15 is 0 Å². The fourth-order valence-electron chi connectivity index (χ4n) is 4.04. The lowest BCUT2D eigenvalue weighted by Crippen LogP contribution is -2.37. The van der Waals surface area contributed by atoms with E-state index in [2.05, 4.69) is 15.4 Å². The molecule has 1 atom stereocenters. The largest absolute Gasteiger partial charge is 0.441 e. The topological polar surface area (TPSA) is 101 Å². The Morgan fingerprint density at radius 3 is 2.52 bits per heavy atom. The normalized spacial score (nSPS) is 16.7. The third-order valence-electron chi connectivity index (χ3n) is 6.13. The van der Waals surface area contributed by atoms with Crippen molar-refractivity contribution in [1.29, 1.82) is 0 Å². The van der Waals surface area contributed by atoms with Gasteiger partial charge in [-0.3, -0.25) is 18.8 Å². The predicted molar refractivity (Wildman–Crippen MR) is 123 cm³/mol. The summed E-state index contributed by atoms with van der Waals surface area (Å²) < 4.78 is 6.26. The van der Waals surface area contributed by atoms with E-state index < -0.39 is 11.9 Å². The van der Waals surface area contributed by atoms with E-state index in [0.29, 0.717) is 36.6 Å². The summed E-state index contributed by atoms with van der Waals surface area (Å²) in [5.41, 5.74) is 2.52. The molecule has 5 rings (SSSR count). The maximum Gasteiger partial charge on any atom is 0.441 e. The van der Waals surface area contributed by atoms with Gasteiger partial charge in [-0.2, -0.15) is 0 Å². The molecule has 2 aliphatic rings. The highest BCUT2D eigenvalue weighted by Gasteiger charge is 2.31. The number of carbonyl (C=O) groups excluding carboxylic acids is 1. The number of nitrogens with one attached hydrogen (secondary N) is 1. The average Bonchev–Trinajstić information content (AvgIpc) is 3.75. The molecule has 1 unspecified atom stereocenters. The Labute approximate surface area is 191 Å². The number of aliphatic hydroxyl groups is 1. The zero-order chi connectivity index (χ0) is 22.8. The second-order valence-electron chi connectivity index (χ2n) is 9.01. The molecule has 0 aliphatic heterocycles. The maximum atomic E-state index is 12.2. The van der Waals surface area contributed by atoms with Gasteiger partial charge in [-0.25, -0.2) is 4.79 Å². The van der Waals surface area contributed by atoms with E-state index in [1.54, 1.807) is 0 Å². The van der Waals surface area contributed by atoms with Crippen molar-refractivity contribution in [2.24, 2.45) is 0 Å². The van der Waals surface area contributed by atoms with Gasteiger partial charge >= 0.3 is 5.76 Å². The molecule has 2 N–H and O–H groups in total. The summed E-state index contributed by atoms with van der Waals surface area (Å²) in [5.74, 6) is -0.185. The van der Waals surface area contributed by atoms with Crippen LogP contribution in [0, 0.1) is 0 Å². The quantitative estimate of drug-likeness (QED) is 0.494. The highest BCUT2D eigenvalue weighted by Crippen LogP contribution is 2.29. The summed E-state index contributed by atoms with van der Waals surface area (Å²) in [4.78, 5) is 26.7. The van der Waals surface area contributed by atoms with Crippen LogP contribution in [0.15, 0.2) is 63.9 Å². The number of amides is 1. The fourth-order valence-corrected chi connectivity index (χ4v) is 4.04. The Kier molecular flexibility index (Phi) is 6.11. The van der Waals surface area contributed by atoms with Crippen molar-refractivity contribution in [2.45, 2.75) is 57.0 Å². The number of hydrogen-bond donors (Lipinski definition) is 2. The summed E-state index contributed by atoms with van der Waals surface area (Å²) in [6.07, 6.45) is 3.56. The van der Waals surface area contributed by atoms with Gasteiger partial charge in [0, 0.05) is 36.3 Å². The Morgan fingerprint density at radius 2 is 1.85 bits per heavy atom. The van der Waals surface area contributed by atoms with Crippen LogP contribution in [0.3, 0.4) is 0 Å². The lowest BCUT2D eigenvalue weighted by atomic mass is 10.1. The van der Waals surface area contributed by atoms with Crippen molar-refractivity contribution >= 4 is 5.91 Å². The first-order valence-corrected chi connectivity index (χ1v) is 11.5. The van der Waals surface area contributed by atoms with E-state index in [0.717, 1.165) is 36.8 Å².